The molecule has 0 saturated carbocycles. The Hall–Kier alpha value is -1.62. The van der Waals surface area contributed by atoms with Gasteiger partial charge in [-0.15, -0.1) is 0 Å². The Labute approximate surface area is 108 Å². The minimum atomic E-state index is 0.0631. The number of carbonyl (C=O) groups is 1. The van der Waals surface area contributed by atoms with Gasteiger partial charge >= 0.3 is 0 Å². The third kappa shape index (κ3) is 2.98. The van der Waals surface area contributed by atoms with Crippen LogP contribution >= 0.6 is 0 Å². The number of hydrogen-bond acceptors (Lipinski definition) is 4. The molecule has 1 aromatic heterocycles. The molecule has 0 spiro atoms. The molecule has 0 aromatic carbocycles. The Kier molecular flexibility index (Phi) is 4.15. The Balaban J connectivity index is 2.04. The van der Waals surface area contributed by atoms with Crippen molar-refractivity contribution in [3.05, 3.63) is 23.9 Å². The van der Waals surface area contributed by atoms with Crippen molar-refractivity contribution in [2.45, 2.75) is 19.9 Å². The first kappa shape index (κ1) is 12.8. The molecule has 1 amide bonds. The molecular formula is C13H20N4O. The molecule has 98 valence electrons. The van der Waals surface area contributed by atoms with E-state index in [-0.39, 0.29) is 5.91 Å². The van der Waals surface area contributed by atoms with Crippen LogP contribution in [0.4, 0.5) is 5.82 Å². The van der Waals surface area contributed by atoms with E-state index in [1.807, 2.05) is 17.2 Å². The normalized spacial score (nSPS) is 17.4. The van der Waals surface area contributed by atoms with Gasteiger partial charge in [0, 0.05) is 25.3 Å². The van der Waals surface area contributed by atoms with Gasteiger partial charge in [0.15, 0.2) is 0 Å². The summed E-state index contributed by atoms with van der Waals surface area (Å²) in [5.41, 5.74) is 1.17. The lowest BCUT2D eigenvalue weighted by Gasteiger charge is -2.27. The van der Waals surface area contributed by atoms with Gasteiger partial charge in [-0.05, 0) is 25.1 Å². The molecule has 0 aliphatic carbocycles. The lowest BCUT2D eigenvalue weighted by molar-refractivity contribution is -0.120. The van der Waals surface area contributed by atoms with Crippen LogP contribution in [0.25, 0.3) is 0 Å². The Bertz CT molecular complexity index is 404. The molecule has 0 radical (unpaired) electrons. The van der Waals surface area contributed by atoms with E-state index >= 15 is 0 Å². The van der Waals surface area contributed by atoms with Crippen LogP contribution < -0.4 is 15.5 Å². The van der Waals surface area contributed by atoms with E-state index in [4.69, 9.17) is 0 Å². The van der Waals surface area contributed by atoms with Crippen molar-refractivity contribution in [3.63, 3.8) is 0 Å². The lowest BCUT2D eigenvalue weighted by Crippen LogP contribution is -2.48. The number of hydrogen-bond donors (Lipinski definition) is 2. The van der Waals surface area contributed by atoms with Crippen molar-refractivity contribution in [2.24, 2.45) is 0 Å². The number of carbonyl (C=O) groups excluding carboxylic acids is 1. The van der Waals surface area contributed by atoms with Crippen LogP contribution in [0.3, 0.4) is 0 Å². The Morgan fingerprint density at radius 2 is 2.39 bits per heavy atom. The van der Waals surface area contributed by atoms with E-state index in [0.717, 1.165) is 18.9 Å². The maximum absolute atomic E-state index is 11.3. The molecule has 18 heavy (non-hydrogen) atoms. The number of piperazine rings is 1. The van der Waals surface area contributed by atoms with E-state index in [2.05, 4.69) is 35.5 Å². The SMILES string of the molecule is CCNC(C)c1ccc(N2CCNC(=O)C2)nc1. The molecule has 1 fully saturated rings. The Morgan fingerprint density at radius 3 is 3.00 bits per heavy atom. The molecule has 1 aliphatic heterocycles. The van der Waals surface area contributed by atoms with E-state index in [9.17, 15) is 4.79 Å². The van der Waals surface area contributed by atoms with Gasteiger partial charge in [-0.2, -0.15) is 0 Å². The quantitative estimate of drug-likeness (QED) is 0.823. The maximum atomic E-state index is 11.3. The summed E-state index contributed by atoms with van der Waals surface area (Å²) in [5, 5.41) is 6.16. The van der Waals surface area contributed by atoms with Gasteiger partial charge in [0.1, 0.15) is 5.82 Å². The zero-order chi connectivity index (χ0) is 13.0. The molecule has 2 heterocycles. The summed E-state index contributed by atoms with van der Waals surface area (Å²) in [6, 6.07) is 4.37. The second-order valence-electron chi connectivity index (χ2n) is 4.50. The fourth-order valence-electron chi connectivity index (χ4n) is 2.10. The van der Waals surface area contributed by atoms with Gasteiger partial charge in [0.2, 0.25) is 5.91 Å². The number of nitrogens with zero attached hydrogens (tertiary/aromatic N) is 2. The number of rotatable bonds is 4. The first-order chi connectivity index (χ1) is 8.70. The molecule has 1 atom stereocenters. The smallest absolute Gasteiger partial charge is 0.239 e. The van der Waals surface area contributed by atoms with Crippen molar-refractivity contribution in [3.8, 4) is 0 Å². The lowest BCUT2D eigenvalue weighted by atomic mass is 10.1. The van der Waals surface area contributed by atoms with E-state index < -0.39 is 0 Å². The van der Waals surface area contributed by atoms with E-state index in [1.54, 1.807) is 0 Å². The minimum Gasteiger partial charge on any atom is -0.353 e. The fourth-order valence-corrected chi connectivity index (χ4v) is 2.10. The standard InChI is InChI=1S/C13H20N4O/c1-3-14-10(2)11-4-5-12(16-8-11)17-7-6-15-13(18)9-17/h4-5,8,10,14H,3,6-7,9H2,1-2H3,(H,15,18). The van der Waals surface area contributed by atoms with Crippen LogP contribution in [0.5, 0.6) is 0 Å². The van der Waals surface area contributed by atoms with Gasteiger partial charge in [0.25, 0.3) is 0 Å². The number of pyridine rings is 1. The van der Waals surface area contributed by atoms with Crippen LogP contribution in [0.1, 0.15) is 25.5 Å². The van der Waals surface area contributed by atoms with Crippen molar-refractivity contribution in [2.75, 3.05) is 31.1 Å². The highest BCUT2D eigenvalue weighted by molar-refractivity contribution is 5.82. The third-order valence-electron chi connectivity index (χ3n) is 3.14. The number of aromatic nitrogens is 1. The zero-order valence-electron chi connectivity index (χ0n) is 10.9. The highest BCUT2D eigenvalue weighted by Gasteiger charge is 2.17. The number of amides is 1. The second kappa shape index (κ2) is 5.82. The first-order valence-electron chi connectivity index (χ1n) is 6.41. The van der Waals surface area contributed by atoms with E-state index in [1.165, 1.54) is 5.56 Å². The largest absolute Gasteiger partial charge is 0.353 e. The van der Waals surface area contributed by atoms with Crippen LogP contribution in [-0.2, 0) is 4.79 Å². The average Bonchev–Trinajstić information content (AvgIpc) is 2.39. The summed E-state index contributed by atoms with van der Waals surface area (Å²) < 4.78 is 0. The summed E-state index contributed by atoms with van der Waals surface area (Å²) in [4.78, 5) is 17.8. The minimum absolute atomic E-state index is 0.0631. The van der Waals surface area contributed by atoms with Gasteiger partial charge in [-0.25, -0.2) is 4.98 Å². The van der Waals surface area contributed by atoms with Crippen LogP contribution in [-0.4, -0.2) is 37.1 Å². The Morgan fingerprint density at radius 1 is 1.56 bits per heavy atom. The van der Waals surface area contributed by atoms with Crippen molar-refractivity contribution >= 4 is 11.7 Å². The highest BCUT2D eigenvalue weighted by Crippen LogP contribution is 2.16. The molecule has 1 saturated heterocycles. The highest BCUT2D eigenvalue weighted by atomic mass is 16.2. The van der Waals surface area contributed by atoms with Crippen LogP contribution in [0.2, 0.25) is 0 Å². The molecule has 1 aromatic rings. The molecule has 1 unspecified atom stereocenters. The molecule has 0 bridgehead atoms. The summed E-state index contributed by atoms with van der Waals surface area (Å²) in [6.45, 7) is 7.06. The van der Waals surface area contributed by atoms with Gasteiger partial charge in [-0.1, -0.05) is 13.0 Å². The van der Waals surface area contributed by atoms with Gasteiger partial charge in [0.05, 0.1) is 6.54 Å². The van der Waals surface area contributed by atoms with Gasteiger partial charge < -0.3 is 15.5 Å². The molecule has 2 N–H and O–H groups in total. The average molecular weight is 248 g/mol. The van der Waals surface area contributed by atoms with Crippen molar-refractivity contribution in [1.82, 2.24) is 15.6 Å². The van der Waals surface area contributed by atoms with Crippen molar-refractivity contribution < 1.29 is 4.79 Å². The monoisotopic (exact) mass is 248 g/mol. The second-order valence-corrected chi connectivity index (χ2v) is 4.50. The first-order valence-corrected chi connectivity index (χ1v) is 6.41. The van der Waals surface area contributed by atoms with Gasteiger partial charge in [-0.3, -0.25) is 4.79 Å². The fraction of sp³-hybridized carbons (Fsp3) is 0.538. The molecule has 5 nitrogen and oxygen atoms in total. The summed E-state index contributed by atoms with van der Waals surface area (Å²) >= 11 is 0. The van der Waals surface area contributed by atoms with E-state index in [0.29, 0.717) is 19.1 Å². The third-order valence-corrected chi connectivity index (χ3v) is 3.14. The molecule has 1 aliphatic rings. The number of nitrogens with one attached hydrogen (secondary N) is 2. The summed E-state index contributed by atoms with van der Waals surface area (Å²) in [6.07, 6.45) is 1.88. The number of anilines is 1. The predicted octanol–water partition coefficient (Wildman–Crippen LogP) is 0.688. The zero-order valence-corrected chi connectivity index (χ0v) is 10.9. The van der Waals surface area contributed by atoms with Crippen LogP contribution in [0, 0.1) is 0 Å². The summed E-state index contributed by atoms with van der Waals surface area (Å²) in [7, 11) is 0. The maximum Gasteiger partial charge on any atom is 0.239 e. The summed E-state index contributed by atoms with van der Waals surface area (Å²) in [5.74, 6) is 0.936. The molecule has 5 heteroatoms. The molecular weight excluding hydrogens is 228 g/mol. The predicted molar refractivity (Wildman–Crippen MR) is 71.6 cm³/mol. The molecule has 2 rings (SSSR count). The topological polar surface area (TPSA) is 57.3 Å². The van der Waals surface area contributed by atoms with Crippen LogP contribution in [0.15, 0.2) is 18.3 Å². The van der Waals surface area contributed by atoms with Crippen molar-refractivity contribution in [1.29, 1.82) is 0 Å².